The van der Waals surface area contributed by atoms with Crippen LogP contribution in [0.1, 0.15) is 101 Å². The summed E-state index contributed by atoms with van der Waals surface area (Å²) < 4.78 is 5.77. The molecule has 2 aromatic carbocycles. The van der Waals surface area contributed by atoms with Crippen LogP contribution in [0.4, 0.5) is 0 Å². The van der Waals surface area contributed by atoms with Crippen LogP contribution in [0.3, 0.4) is 0 Å². The van der Waals surface area contributed by atoms with Crippen molar-refractivity contribution in [3.05, 3.63) is 83.4 Å². The van der Waals surface area contributed by atoms with Gasteiger partial charge >= 0.3 is 0 Å². The Hall–Kier alpha value is -1.86. The summed E-state index contributed by atoms with van der Waals surface area (Å²) in [7, 11) is 1.85. The molecule has 0 radical (unpaired) electrons. The quantitative estimate of drug-likeness (QED) is 0.255. The van der Waals surface area contributed by atoms with Crippen molar-refractivity contribution < 1.29 is 4.74 Å². The third-order valence-electron chi connectivity index (χ3n) is 8.11. The Kier molecular flexibility index (Phi) is 12.0. The monoisotopic (exact) mass is 460 g/mol. The second kappa shape index (κ2) is 15.2. The summed E-state index contributed by atoms with van der Waals surface area (Å²) in [6.07, 6.45) is 20.6. The standard InChI is InChI=1S/C33H48O/c1-4-5-7-10-28-16-18-30(19-17-28)24-25-31-22-20-29(21-23-31)15-13-27(2)14-26-33(34-3)32-11-8-6-9-12-32/h4-6,8-9,11-12,16-19,27,29,31,33H,7,10,13-15,20-26H2,1-3H3/t27?,29-,31-,33?. The molecule has 1 saturated carbocycles. The van der Waals surface area contributed by atoms with E-state index in [1.807, 2.05) is 7.11 Å². The van der Waals surface area contributed by atoms with Gasteiger partial charge in [-0.1, -0.05) is 112 Å². The van der Waals surface area contributed by atoms with Crippen LogP contribution in [0.2, 0.25) is 0 Å². The molecular formula is C33H48O. The Morgan fingerprint density at radius 1 is 0.794 bits per heavy atom. The molecule has 3 rings (SSSR count). The maximum absolute atomic E-state index is 5.77. The second-order valence-corrected chi connectivity index (χ2v) is 10.7. The van der Waals surface area contributed by atoms with Gasteiger partial charge in [0.05, 0.1) is 6.10 Å². The molecule has 1 aliphatic carbocycles. The van der Waals surface area contributed by atoms with Gasteiger partial charge in [0, 0.05) is 7.11 Å². The van der Waals surface area contributed by atoms with E-state index in [0.29, 0.717) is 0 Å². The highest BCUT2D eigenvalue weighted by molar-refractivity contribution is 5.23. The summed E-state index contributed by atoms with van der Waals surface area (Å²) in [6, 6.07) is 20.1. The number of aryl methyl sites for hydroxylation is 2. The zero-order valence-corrected chi connectivity index (χ0v) is 22.1. The number of benzene rings is 2. The van der Waals surface area contributed by atoms with Crippen LogP contribution in [-0.4, -0.2) is 7.11 Å². The Morgan fingerprint density at radius 2 is 1.41 bits per heavy atom. The van der Waals surface area contributed by atoms with Gasteiger partial charge in [-0.15, -0.1) is 0 Å². The van der Waals surface area contributed by atoms with Crippen molar-refractivity contribution in [1.82, 2.24) is 0 Å². The van der Waals surface area contributed by atoms with Gasteiger partial charge in [0.15, 0.2) is 0 Å². The average Bonchev–Trinajstić information content (AvgIpc) is 2.89. The largest absolute Gasteiger partial charge is 0.377 e. The third-order valence-corrected chi connectivity index (χ3v) is 8.11. The Morgan fingerprint density at radius 3 is 2.03 bits per heavy atom. The van der Waals surface area contributed by atoms with Crippen LogP contribution in [0, 0.1) is 17.8 Å². The van der Waals surface area contributed by atoms with Gasteiger partial charge in [-0.25, -0.2) is 0 Å². The summed E-state index contributed by atoms with van der Waals surface area (Å²) in [6.45, 7) is 4.54. The molecule has 2 atom stereocenters. The molecule has 0 aliphatic heterocycles. The summed E-state index contributed by atoms with van der Waals surface area (Å²) in [5.74, 6) is 2.69. The normalized spacial score (nSPS) is 20.4. The van der Waals surface area contributed by atoms with Crippen molar-refractivity contribution in [2.45, 2.75) is 97.0 Å². The van der Waals surface area contributed by atoms with E-state index in [-0.39, 0.29) is 6.10 Å². The van der Waals surface area contributed by atoms with E-state index in [9.17, 15) is 0 Å². The average molecular weight is 461 g/mol. The first-order valence-corrected chi connectivity index (χ1v) is 13.9. The minimum absolute atomic E-state index is 0.244. The topological polar surface area (TPSA) is 9.23 Å². The first kappa shape index (κ1) is 26.7. The molecule has 2 aromatic rings. The van der Waals surface area contributed by atoms with Crippen LogP contribution in [0.15, 0.2) is 66.7 Å². The van der Waals surface area contributed by atoms with E-state index < -0.39 is 0 Å². The van der Waals surface area contributed by atoms with Crippen LogP contribution in [0.25, 0.3) is 0 Å². The van der Waals surface area contributed by atoms with E-state index in [4.69, 9.17) is 4.74 Å². The highest BCUT2D eigenvalue weighted by atomic mass is 16.5. The van der Waals surface area contributed by atoms with Crippen molar-refractivity contribution in [2.24, 2.45) is 17.8 Å². The molecule has 0 N–H and O–H groups in total. The van der Waals surface area contributed by atoms with E-state index in [1.54, 1.807) is 0 Å². The fourth-order valence-corrected chi connectivity index (χ4v) is 5.66. The molecule has 0 bridgehead atoms. The SMILES string of the molecule is CC=CCCc1ccc(CC[C@H]2CC[C@H](CCC(C)CCC(OC)c3ccccc3)CC2)cc1. The fraction of sp³-hybridized carbons (Fsp3) is 0.576. The Labute approximate surface area is 210 Å². The highest BCUT2D eigenvalue weighted by Gasteiger charge is 2.22. The number of allylic oxidation sites excluding steroid dienone is 2. The summed E-state index contributed by atoms with van der Waals surface area (Å²) in [5, 5.41) is 0. The summed E-state index contributed by atoms with van der Waals surface area (Å²) in [5.41, 5.74) is 4.31. The first-order chi connectivity index (χ1) is 16.7. The lowest BCUT2D eigenvalue weighted by Crippen LogP contribution is -2.16. The van der Waals surface area contributed by atoms with Crippen molar-refractivity contribution in [2.75, 3.05) is 7.11 Å². The number of methoxy groups -OCH3 is 1. The van der Waals surface area contributed by atoms with Crippen LogP contribution >= 0.6 is 0 Å². The number of hydrogen-bond donors (Lipinski definition) is 0. The van der Waals surface area contributed by atoms with E-state index in [2.05, 4.69) is 80.6 Å². The van der Waals surface area contributed by atoms with Gasteiger partial charge in [-0.3, -0.25) is 0 Å². The van der Waals surface area contributed by atoms with Gasteiger partial charge in [-0.2, -0.15) is 0 Å². The summed E-state index contributed by atoms with van der Waals surface area (Å²) in [4.78, 5) is 0. The molecule has 1 aliphatic rings. The molecular weight excluding hydrogens is 412 g/mol. The number of rotatable bonds is 14. The predicted octanol–water partition coefficient (Wildman–Crippen LogP) is 9.52. The number of hydrogen-bond acceptors (Lipinski definition) is 1. The molecule has 1 fully saturated rings. The fourth-order valence-electron chi connectivity index (χ4n) is 5.66. The highest BCUT2D eigenvalue weighted by Crippen LogP contribution is 2.35. The Balaban J connectivity index is 1.28. The molecule has 34 heavy (non-hydrogen) atoms. The zero-order valence-electron chi connectivity index (χ0n) is 22.1. The molecule has 0 aromatic heterocycles. The van der Waals surface area contributed by atoms with Gasteiger partial charge in [0.1, 0.15) is 0 Å². The van der Waals surface area contributed by atoms with E-state index >= 15 is 0 Å². The predicted molar refractivity (Wildman–Crippen MR) is 147 cm³/mol. The molecule has 0 amide bonds. The van der Waals surface area contributed by atoms with E-state index in [0.717, 1.165) is 37.0 Å². The number of ether oxygens (including phenoxy) is 1. The van der Waals surface area contributed by atoms with Crippen LogP contribution in [-0.2, 0) is 17.6 Å². The summed E-state index contributed by atoms with van der Waals surface area (Å²) >= 11 is 0. The third kappa shape index (κ3) is 9.41. The molecule has 2 unspecified atom stereocenters. The molecule has 0 heterocycles. The van der Waals surface area contributed by atoms with Crippen LogP contribution in [0.5, 0.6) is 0 Å². The van der Waals surface area contributed by atoms with Crippen molar-refractivity contribution in [1.29, 1.82) is 0 Å². The zero-order chi connectivity index (χ0) is 24.0. The van der Waals surface area contributed by atoms with Gasteiger partial charge < -0.3 is 4.74 Å². The van der Waals surface area contributed by atoms with Crippen molar-refractivity contribution in [3.63, 3.8) is 0 Å². The molecule has 0 spiro atoms. The lowest BCUT2D eigenvalue weighted by molar-refractivity contribution is 0.0889. The maximum Gasteiger partial charge on any atom is 0.0821 e. The van der Waals surface area contributed by atoms with Crippen molar-refractivity contribution in [3.8, 4) is 0 Å². The smallest absolute Gasteiger partial charge is 0.0821 e. The minimum Gasteiger partial charge on any atom is -0.377 e. The Bertz CT molecular complexity index is 798. The second-order valence-electron chi connectivity index (χ2n) is 10.7. The first-order valence-electron chi connectivity index (χ1n) is 13.9. The molecule has 186 valence electrons. The van der Waals surface area contributed by atoms with Gasteiger partial charge in [-0.05, 0) is 79.9 Å². The van der Waals surface area contributed by atoms with E-state index in [1.165, 1.54) is 74.5 Å². The maximum atomic E-state index is 5.77. The van der Waals surface area contributed by atoms with Crippen LogP contribution < -0.4 is 0 Å². The van der Waals surface area contributed by atoms with Gasteiger partial charge in [0.25, 0.3) is 0 Å². The van der Waals surface area contributed by atoms with Crippen molar-refractivity contribution >= 4 is 0 Å². The molecule has 1 heteroatoms. The molecule has 1 nitrogen and oxygen atoms in total. The lowest BCUT2D eigenvalue weighted by atomic mass is 9.77. The molecule has 0 saturated heterocycles. The van der Waals surface area contributed by atoms with Gasteiger partial charge in [0.2, 0.25) is 0 Å². The lowest BCUT2D eigenvalue weighted by Gasteiger charge is -2.29. The minimum atomic E-state index is 0.244.